The highest BCUT2D eigenvalue weighted by Gasteiger charge is 2.30. The fraction of sp³-hybridized carbons (Fsp3) is 0.833. The monoisotopic (exact) mass is 276 g/mol. The molecular formula is C12H24N2O3S. The Morgan fingerprint density at radius 3 is 2.50 bits per heavy atom. The largest absolute Gasteiger partial charge is 0.392 e. The molecule has 0 atom stereocenters. The Morgan fingerprint density at radius 2 is 1.94 bits per heavy atom. The molecule has 0 radical (unpaired) electrons. The molecule has 6 heteroatoms. The minimum Gasteiger partial charge on any atom is -0.392 e. The minimum atomic E-state index is -0.787. The molecule has 3 N–H and O–H groups in total. The molecule has 0 fully saturated rings. The summed E-state index contributed by atoms with van der Waals surface area (Å²) in [4.78, 5) is 12.0. The van der Waals surface area contributed by atoms with Gasteiger partial charge in [0.25, 0.3) is 0 Å². The summed E-state index contributed by atoms with van der Waals surface area (Å²) >= 11 is 4.85. The number of carbonyl (C=O) groups excluding carboxylic acids is 1. The summed E-state index contributed by atoms with van der Waals surface area (Å²) in [7, 11) is 1.64. The Hall–Kier alpha value is -0.720. The molecule has 18 heavy (non-hydrogen) atoms. The molecule has 1 amide bonds. The number of methoxy groups -OCH3 is 1. The number of hydrogen-bond acceptors (Lipinski definition) is 4. The molecule has 0 spiro atoms. The van der Waals surface area contributed by atoms with Gasteiger partial charge in [0.05, 0.1) is 23.6 Å². The molecule has 106 valence electrons. The number of ether oxygens (including phenoxy) is 2. The predicted molar refractivity (Wildman–Crippen MR) is 75.5 cm³/mol. The van der Waals surface area contributed by atoms with Crippen molar-refractivity contribution in [3.8, 4) is 0 Å². The topological polar surface area (TPSA) is 73.6 Å². The minimum absolute atomic E-state index is 0.129. The Bertz CT molecular complexity index is 270. The Morgan fingerprint density at radius 1 is 1.28 bits per heavy atom. The first-order valence-electron chi connectivity index (χ1n) is 6.07. The SMILES string of the molecule is COCCOCCCCNC(=O)C(C)(C)C(N)=S. The zero-order chi connectivity index (χ0) is 14.0. The predicted octanol–water partition coefficient (Wildman–Crippen LogP) is 0.858. The van der Waals surface area contributed by atoms with Crippen molar-refractivity contribution in [3.05, 3.63) is 0 Å². The summed E-state index contributed by atoms with van der Waals surface area (Å²) < 4.78 is 10.2. The molecule has 0 saturated heterocycles. The Balaban J connectivity index is 3.55. The van der Waals surface area contributed by atoms with Gasteiger partial charge in [0.1, 0.15) is 0 Å². The van der Waals surface area contributed by atoms with Crippen molar-refractivity contribution in [2.75, 3.05) is 33.5 Å². The molecule has 0 aliphatic rings. The van der Waals surface area contributed by atoms with Crippen LogP contribution < -0.4 is 11.1 Å². The summed E-state index contributed by atoms with van der Waals surface area (Å²) in [5.41, 5.74) is 4.72. The van der Waals surface area contributed by atoms with Gasteiger partial charge in [0, 0.05) is 20.3 Å². The lowest BCUT2D eigenvalue weighted by Crippen LogP contribution is -2.45. The lowest BCUT2D eigenvalue weighted by Gasteiger charge is -2.21. The number of thiocarbonyl (C=S) groups is 1. The first kappa shape index (κ1) is 17.3. The quantitative estimate of drug-likeness (QED) is 0.457. The van der Waals surface area contributed by atoms with Crippen LogP contribution in [0.4, 0.5) is 0 Å². The van der Waals surface area contributed by atoms with E-state index in [-0.39, 0.29) is 10.9 Å². The van der Waals surface area contributed by atoms with E-state index >= 15 is 0 Å². The maximum absolute atomic E-state index is 11.8. The van der Waals surface area contributed by atoms with E-state index in [2.05, 4.69) is 5.32 Å². The third-order valence-electron chi connectivity index (χ3n) is 2.62. The molecule has 0 rings (SSSR count). The normalized spacial score (nSPS) is 11.3. The van der Waals surface area contributed by atoms with E-state index in [0.717, 1.165) is 12.8 Å². The van der Waals surface area contributed by atoms with Crippen molar-refractivity contribution in [1.29, 1.82) is 0 Å². The highest BCUT2D eigenvalue weighted by atomic mass is 32.1. The zero-order valence-electron chi connectivity index (χ0n) is 11.5. The molecule has 0 bridgehead atoms. The van der Waals surface area contributed by atoms with Gasteiger partial charge in [-0.1, -0.05) is 12.2 Å². The molecule has 0 heterocycles. The van der Waals surface area contributed by atoms with E-state index in [4.69, 9.17) is 27.4 Å². The molecule has 0 saturated carbocycles. The van der Waals surface area contributed by atoms with Crippen LogP contribution >= 0.6 is 12.2 Å². The van der Waals surface area contributed by atoms with Gasteiger partial charge < -0.3 is 20.5 Å². The maximum atomic E-state index is 11.8. The van der Waals surface area contributed by atoms with Crippen molar-refractivity contribution in [2.24, 2.45) is 11.1 Å². The second kappa shape index (κ2) is 9.24. The first-order valence-corrected chi connectivity index (χ1v) is 6.48. The number of unbranched alkanes of at least 4 members (excludes halogenated alkanes) is 1. The van der Waals surface area contributed by atoms with E-state index in [1.165, 1.54) is 0 Å². The van der Waals surface area contributed by atoms with Gasteiger partial charge in [0.15, 0.2) is 0 Å². The van der Waals surface area contributed by atoms with Crippen molar-refractivity contribution < 1.29 is 14.3 Å². The van der Waals surface area contributed by atoms with E-state index in [9.17, 15) is 4.79 Å². The van der Waals surface area contributed by atoms with Gasteiger partial charge in [-0.3, -0.25) is 4.79 Å². The highest BCUT2D eigenvalue weighted by molar-refractivity contribution is 7.80. The van der Waals surface area contributed by atoms with Crippen LogP contribution in [0.2, 0.25) is 0 Å². The third kappa shape index (κ3) is 6.88. The van der Waals surface area contributed by atoms with Crippen LogP contribution in [0.25, 0.3) is 0 Å². The molecule has 0 aromatic rings. The standard InChI is InChI=1S/C12H24N2O3S/c1-12(2,10(13)18)11(15)14-6-4-5-7-17-9-8-16-3/h4-9H2,1-3H3,(H2,13,18)(H,14,15). The highest BCUT2D eigenvalue weighted by Crippen LogP contribution is 2.15. The van der Waals surface area contributed by atoms with E-state index in [1.54, 1.807) is 21.0 Å². The van der Waals surface area contributed by atoms with Crippen molar-refractivity contribution in [2.45, 2.75) is 26.7 Å². The molecule has 0 aliphatic carbocycles. The Labute approximate surface area is 114 Å². The number of nitrogens with two attached hydrogens (primary N) is 1. The zero-order valence-corrected chi connectivity index (χ0v) is 12.3. The van der Waals surface area contributed by atoms with Crippen LogP contribution in [-0.4, -0.2) is 44.4 Å². The number of nitrogens with one attached hydrogen (secondary N) is 1. The third-order valence-corrected chi connectivity index (χ3v) is 3.13. The average Bonchev–Trinajstić information content (AvgIpc) is 2.32. The summed E-state index contributed by atoms with van der Waals surface area (Å²) in [6, 6.07) is 0. The summed E-state index contributed by atoms with van der Waals surface area (Å²) in [6.07, 6.45) is 1.77. The van der Waals surface area contributed by atoms with Gasteiger partial charge in [-0.2, -0.15) is 0 Å². The Kier molecular flexibility index (Phi) is 8.87. The number of amides is 1. The van der Waals surface area contributed by atoms with Gasteiger partial charge in [-0.25, -0.2) is 0 Å². The van der Waals surface area contributed by atoms with Gasteiger partial charge in [-0.15, -0.1) is 0 Å². The number of hydrogen-bond donors (Lipinski definition) is 2. The molecule has 0 aromatic carbocycles. The van der Waals surface area contributed by atoms with Crippen molar-refractivity contribution in [3.63, 3.8) is 0 Å². The van der Waals surface area contributed by atoms with Crippen LogP contribution in [0.5, 0.6) is 0 Å². The van der Waals surface area contributed by atoms with E-state index in [0.29, 0.717) is 26.4 Å². The van der Waals surface area contributed by atoms with Crippen LogP contribution in [0.15, 0.2) is 0 Å². The van der Waals surface area contributed by atoms with E-state index in [1.807, 2.05) is 0 Å². The summed E-state index contributed by atoms with van der Waals surface area (Å²) in [6.45, 7) is 5.95. The molecule has 0 aliphatic heterocycles. The van der Waals surface area contributed by atoms with Gasteiger partial charge in [-0.05, 0) is 26.7 Å². The molecule has 0 unspecified atom stereocenters. The lowest BCUT2D eigenvalue weighted by atomic mass is 9.92. The van der Waals surface area contributed by atoms with Crippen molar-refractivity contribution in [1.82, 2.24) is 5.32 Å². The average molecular weight is 276 g/mol. The van der Waals surface area contributed by atoms with Crippen LogP contribution in [0.1, 0.15) is 26.7 Å². The number of rotatable bonds is 10. The molecular weight excluding hydrogens is 252 g/mol. The van der Waals surface area contributed by atoms with E-state index < -0.39 is 5.41 Å². The fourth-order valence-electron chi connectivity index (χ4n) is 1.11. The van der Waals surface area contributed by atoms with Crippen LogP contribution in [-0.2, 0) is 14.3 Å². The molecule has 0 aromatic heterocycles. The fourth-order valence-corrected chi connectivity index (χ4v) is 1.20. The first-order chi connectivity index (χ1) is 8.42. The van der Waals surface area contributed by atoms with Crippen molar-refractivity contribution >= 4 is 23.1 Å². The summed E-state index contributed by atoms with van der Waals surface area (Å²) in [5.74, 6) is -0.129. The second-order valence-corrected chi connectivity index (χ2v) is 5.00. The van der Waals surface area contributed by atoms with Gasteiger partial charge >= 0.3 is 0 Å². The van der Waals surface area contributed by atoms with Crippen LogP contribution in [0, 0.1) is 5.41 Å². The van der Waals surface area contributed by atoms with Crippen LogP contribution in [0.3, 0.4) is 0 Å². The smallest absolute Gasteiger partial charge is 0.232 e. The molecule has 5 nitrogen and oxygen atoms in total. The number of carbonyl (C=O) groups is 1. The maximum Gasteiger partial charge on any atom is 0.232 e. The van der Waals surface area contributed by atoms with Gasteiger partial charge in [0.2, 0.25) is 5.91 Å². The summed E-state index contributed by atoms with van der Waals surface area (Å²) in [5, 5.41) is 2.82. The second-order valence-electron chi connectivity index (χ2n) is 4.56. The lowest BCUT2D eigenvalue weighted by molar-refractivity contribution is -0.126.